The molecule has 0 aromatic carbocycles. The lowest BCUT2D eigenvalue weighted by molar-refractivity contribution is 0.321. The fourth-order valence-corrected chi connectivity index (χ4v) is 1.89. The maximum absolute atomic E-state index is 3.61. The van der Waals surface area contributed by atoms with Crippen LogP contribution >= 0.6 is 0 Å². The van der Waals surface area contributed by atoms with Gasteiger partial charge in [-0.05, 0) is 38.1 Å². The van der Waals surface area contributed by atoms with Gasteiger partial charge in [-0.15, -0.1) is 0 Å². The third kappa shape index (κ3) is 6.42. The third-order valence-electron chi connectivity index (χ3n) is 3.06. The Morgan fingerprint density at radius 3 is 2.07 bits per heavy atom. The van der Waals surface area contributed by atoms with Crippen molar-refractivity contribution in [1.29, 1.82) is 0 Å². The van der Waals surface area contributed by atoms with Crippen LogP contribution in [-0.2, 0) is 0 Å². The van der Waals surface area contributed by atoms with Gasteiger partial charge in [0.1, 0.15) is 0 Å². The Morgan fingerprint density at radius 2 is 1.64 bits per heavy atom. The number of hydrogen-bond donors (Lipinski definition) is 1. The molecule has 0 amide bonds. The van der Waals surface area contributed by atoms with E-state index in [2.05, 4.69) is 39.9 Å². The lowest BCUT2D eigenvalue weighted by atomic mass is 9.90. The maximum atomic E-state index is 3.61. The Labute approximate surface area is 90.7 Å². The van der Waals surface area contributed by atoms with E-state index < -0.39 is 0 Å². The summed E-state index contributed by atoms with van der Waals surface area (Å²) in [7, 11) is 0. The van der Waals surface area contributed by atoms with E-state index in [1.54, 1.807) is 0 Å². The first-order valence-corrected chi connectivity index (χ1v) is 6.35. The van der Waals surface area contributed by atoms with E-state index >= 15 is 0 Å². The van der Waals surface area contributed by atoms with Crippen LogP contribution in [0.1, 0.15) is 60.3 Å². The zero-order chi connectivity index (χ0) is 11.0. The molecular weight excluding hydrogens is 170 g/mol. The van der Waals surface area contributed by atoms with Crippen LogP contribution in [-0.4, -0.2) is 12.6 Å². The van der Waals surface area contributed by atoms with Gasteiger partial charge in [-0.3, -0.25) is 0 Å². The van der Waals surface area contributed by atoms with Crippen molar-refractivity contribution in [1.82, 2.24) is 5.32 Å². The Bertz CT molecular complexity index is 120. The summed E-state index contributed by atoms with van der Waals surface area (Å²) < 4.78 is 0. The summed E-state index contributed by atoms with van der Waals surface area (Å²) in [5, 5.41) is 3.61. The average Bonchev–Trinajstić information content (AvgIpc) is 2.15. The second kappa shape index (κ2) is 8.28. The van der Waals surface area contributed by atoms with E-state index in [0.717, 1.165) is 11.8 Å². The molecule has 0 bridgehead atoms. The second-order valence-electron chi connectivity index (χ2n) is 4.88. The first-order chi connectivity index (χ1) is 6.61. The molecule has 0 fully saturated rings. The van der Waals surface area contributed by atoms with Crippen LogP contribution in [0.3, 0.4) is 0 Å². The summed E-state index contributed by atoms with van der Waals surface area (Å²) in [5.74, 6) is 1.71. The molecule has 14 heavy (non-hydrogen) atoms. The van der Waals surface area contributed by atoms with Gasteiger partial charge in [-0.2, -0.15) is 0 Å². The molecule has 1 N–H and O–H groups in total. The fraction of sp³-hybridized carbons (Fsp3) is 1.00. The van der Waals surface area contributed by atoms with Gasteiger partial charge in [0.15, 0.2) is 0 Å². The fourth-order valence-electron chi connectivity index (χ4n) is 1.89. The molecule has 2 unspecified atom stereocenters. The van der Waals surface area contributed by atoms with E-state index in [1.165, 1.54) is 32.2 Å². The van der Waals surface area contributed by atoms with Crippen molar-refractivity contribution in [2.24, 2.45) is 11.8 Å². The van der Waals surface area contributed by atoms with Crippen molar-refractivity contribution in [3.8, 4) is 0 Å². The van der Waals surface area contributed by atoms with Crippen molar-refractivity contribution in [3.63, 3.8) is 0 Å². The summed E-state index contributed by atoms with van der Waals surface area (Å²) in [6, 6.07) is 0.693. The van der Waals surface area contributed by atoms with Crippen LogP contribution in [0, 0.1) is 11.8 Å². The highest BCUT2D eigenvalue weighted by Gasteiger charge is 2.14. The Balaban J connectivity index is 3.74. The van der Waals surface area contributed by atoms with Crippen LogP contribution < -0.4 is 5.32 Å². The molecule has 0 aliphatic carbocycles. The topological polar surface area (TPSA) is 12.0 Å². The van der Waals surface area contributed by atoms with Crippen LogP contribution in [0.2, 0.25) is 0 Å². The summed E-state index contributed by atoms with van der Waals surface area (Å²) in [4.78, 5) is 0. The highest BCUT2D eigenvalue weighted by molar-refractivity contribution is 4.71. The zero-order valence-corrected chi connectivity index (χ0v) is 10.8. The summed E-state index contributed by atoms with van der Waals surface area (Å²) in [6.45, 7) is 12.7. The van der Waals surface area contributed by atoms with Crippen molar-refractivity contribution >= 4 is 0 Å². The van der Waals surface area contributed by atoms with Crippen molar-refractivity contribution < 1.29 is 0 Å². The van der Waals surface area contributed by atoms with Crippen LogP contribution in [0.25, 0.3) is 0 Å². The normalized spacial score (nSPS) is 15.9. The molecule has 1 heteroatoms. The summed E-state index contributed by atoms with van der Waals surface area (Å²) >= 11 is 0. The van der Waals surface area contributed by atoms with E-state index in [-0.39, 0.29) is 0 Å². The summed E-state index contributed by atoms with van der Waals surface area (Å²) in [6.07, 6.45) is 5.30. The van der Waals surface area contributed by atoms with Gasteiger partial charge in [0.2, 0.25) is 0 Å². The van der Waals surface area contributed by atoms with Gasteiger partial charge in [-0.25, -0.2) is 0 Å². The van der Waals surface area contributed by atoms with E-state index in [9.17, 15) is 0 Å². The number of rotatable bonds is 8. The highest BCUT2D eigenvalue weighted by Crippen LogP contribution is 2.18. The predicted octanol–water partition coefficient (Wildman–Crippen LogP) is 3.84. The van der Waals surface area contributed by atoms with E-state index in [0.29, 0.717) is 6.04 Å². The minimum atomic E-state index is 0.693. The minimum Gasteiger partial charge on any atom is -0.314 e. The van der Waals surface area contributed by atoms with Gasteiger partial charge >= 0.3 is 0 Å². The van der Waals surface area contributed by atoms with Crippen LogP contribution in [0.15, 0.2) is 0 Å². The standard InChI is InChI=1S/C13H29N/c1-6-10-14-12(5)13(7-2)9-8-11(3)4/h11-14H,6-10H2,1-5H3. The molecule has 0 radical (unpaired) electrons. The molecular formula is C13H29N. The van der Waals surface area contributed by atoms with Gasteiger partial charge in [-0.1, -0.05) is 40.5 Å². The molecule has 0 aromatic rings. The van der Waals surface area contributed by atoms with Crippen molar-refractivity contribution in [2.75, 3.05) is 6.54 Å². The molecule has 86 valence electrons. The molecule has 2 atom stereocenters. The molecule has 0 aliphatic heterocycles. The highest BCUT2D eigenvalue weighted by atomic mass is 14.9. The van der Waals surface area contributed by atoms with Gasteiger partial charge in [0.25, 0.3) is 0 Å². The predicted molar refractivity (Wildman–Crippen MR) is 65.6 cm³/mol. The minimum absolute atomic E-state index is 0.693. The molecule has 0 heterocycles. The van der Waals surface area contributed by atoms with E-state index in [1.807, 2.05) is 0 Å². The second-order valence-corrected chi connectivity index (χ2v) is 4.88. The summed E-state index contributed by atoms with van der Waals surface area (Å²) in [5.41, 5.74) is 0. The third-order valence-corrected chi connectivity index (χ3v) is 3.06. The van der Waals surface area contributed by atoms with Crippen molar-refractivity contribution in [2.45, 2.75) is 66.3 Å². The van der Waals surface area contributed by atoms with Crippen LogP contribution in [0.4, 0.5) is 0 Å². The molecule has 0 rings (SSSR count). The zero-order valence-electron chi connectivity index (χ0n) is 10.8. The molecule has 0 aliphatic rings. The molecule has 0 spiro atoms. The number of hydrogen-bond acceptors (Lipinski definition) is 1. The van der Waals surface area contributed by atoms with Gasteiger partial charge in [0, 0.05) is 6.04 Å². The SMILES string of the molecule is CCCNC(C)C(CC)CCC(C)C. The maximum Gasteiger partial charge on any atom is 0.00668 e. The first kappa shape index (κ1) is 14.0. The monoisotopic (exact) mass is 199 g/mol. The van der Waals surface area contributed by atoms with Gasteiger partial charge in [0.05, 0.1) is 0 Å². The Hall–Kier alpha value is -0.0400. The average molecular weight is 199 g/mol. The van der Waals surface area contributed by atoms with Crippen LogP contribution in [0.5, 0.6) is 0 Å². The lowest BCUT2D eigenvalue weighted by Gasteiger charge is -2.24. The number of nitrogens with one attached hydrogen (secondary N) is 1. The Morgan fingerprint density at radius 1 is 1.00 bits per heavy atom. The quantitative estimate of drug-likeness (QED) is 0.626. The smallest absolute Gasteiger partial charge is 0.00668 e. The molecule has 1 nitrogen and oxygen atoms in total. The Kier molecular flexibility index (Phi) is 8.26. The molecule has 0 saturated carbocycles. The largest absolute Gasteiger partial charge is 0.314 e. The lowest BCUT2D eigenvalue weighted by Crippen LogP contribution is -2.33. The van der Waals surface area contributed by atoms with E-state index in [4.69, 9.17) is 0 Å². The van der Waals surface area contributed by atoms with Crippen molar-refractivity contribution in [3.05, 3.63) is 0 Å². The first-order valence-electron chi connectivity index (χ1n) is 6.35. The molecule has 0 saturated heterocycles. The molecule has 0 aromatic heterocycles. The van der Waals surface area contributed by atoms with Gasteiger partial charge < -0.3 is 5.32 Å².